The topological polar surface area (TPSA) is 62.7 Å². The molecular weight excluding hydrogens is 268 g/mol. The molecule has 0 atom stereocenters. The molecule has 1 aliphatic heterocycles. The van der Waals surface area contributed by atoms with Crippen molar-refractivity contribution in [1.29, 1.82) is 0 Å². The van der Waals surface area contributed by atoms with Gasteiger partial charge in [-0.3, -0.25) is 4.98 Å². The highest BCUT2D eigenvalue weighted by molar-refractivity contribution is 5.68. The molecule has 0 saturated carbocycles. The molecule has 5 nitrogen and oxygen atoms in total. The Kier molecular flexibility index (Phi) is 6.62. The molecule has 2 rings (SSSR count). The number of aryl methyl sites for hydroxylation is 1. The van der Waals surface area contributed by atoms with Crippen molar-refractivity contribution in [1.82, 2.24) is 9.88 Å². The summed E-state index contributed by atoms with van der Waals surface area (Å²) in [5.74, 6) is 0. The normalized spacial score (nSPS) is 16.0. The van der Waals surface area contributed by atoms with E-state index in [9.17, 15) is 9.90 Å². The zero-order valence-corrected chi connectivity index (χ0v) is 13.4. The van der Waals surface area contributed by atoms with Gasteiger partial charge < -0.3 is 14.7 Å². The van der Waals surface area contributed by atoms with Crippen LogP contribution in [0.15, 0.2) is 24.4 Å². The summed E-state index contributed by atoms with van der Waals surface area (Å²) in [6, 6.07) is 5.86. The van der Waals surface area contributed by atoms with Crippen LogP contribution in [0.3, 0.4) is 0 Å². The molecule has 2 heterocycles. The lowest BCUT2D eigenvalue weighted by molar-refractivity contribution is 0.0101. The Bertz CT molecular complexity index is 421. The van der Waals surface area contributed by atoms with Crippen molar-refractivity contribution in [2.45, 2.75) is 52.2 Å². The summed E-state index contributed by atoms with van der Waals surface area (Å²) < 4.78 is 5.22. The number of hydrogen-bond acceptors (Lipinski definition) is 4. The number of nitrogens with zero attached hydrogens (tertiary/aromatic N) is 2. The largest absolute Gasteiger partial charge is 0.444 e. The van der Waals surface area contributed by atoms with E-state index in [0.29, 0.717) is 25.9 Å². The van der Waals surface area contributed by atoms with E-state index in [1.807, 2.05) is 45.9 Å². The van der Waals surface area contributed by atoms with E-state index in [-0.39, 0.29) is 12.2 Å². The number of rotatable bonds is 0. The number of piperidine rings is 1. The molecule has 1 aliphatic rings. The van der Waals surface area contributed by atoms with Crippen LogP contribution >= 0.6 is 0 Å². The van der Waals surface area contributed by atoms with Gasteiger partial charge in [-0.1, -0.05) is 6.07 Å². The minimum atomic E-state index is -0.437. The van der Waals surface area contributed by atoms with Gasteiger partial charge in [0.15, 0.2) is 0 Å². The van der Waals surface area contributed by atoms with E-state index in [1.54, 1.807) is 11.1 Å². The first-order valence-corrected chi connectivity index (χ1v) is 7.31. The highest BCUT2D eigenvalue weighted by Crippen LogP contribution is 2.14. The van der Waals surface area contributed by atoms with Crippen LogP contribution in [0.2, 0.25) is 0 Å². The zero-order chi connectivity index (χ0) is 15.9. The van der Waals surface area contributed by atoms with Gasteiger partial charge in [0.2, 0.25) is 0 Å². The summed E-state index contributed by atoms with van der Waals surface area (Å²) in [4.78, 5) is 17.2. The second-order valence-electron chi connectivity index (χ2n) is 6.17. The van der Waals surface area contributed by atoms with Gasteiger partial charge in [-0.2, -0.15) is 0 Å². The Morgan fingerprint density at radius 3 is 2.33 bits per heavy atom. The summed E-state index contributed by atoms with van der Waals surface area (Å²) in [5, 5.41) is 9.26. The monoisotopic (exact) mass is 294 g/mol. The Morgan fingerprint density at radius 1 is 1.33 bits per heavy atom. The van der Waals surface area contributed by atoms with Gasteiger partial charge in [-0.05, 0) is 52.7 Å². The van der Waals surface area contributed by atoms with Crippen molar-refractivity contribution >= 4 is 6.09 Å². The predicted molar refractivity (Wildman–Crippen MR) is 82.0 cm³/mol. The molecule has 0 bridgehead atoms. The fraction of sp³-hybridized carbons (Fsp3) is 0.625. The molecule has 0 unspecified atom stereocenters. The van der Waals surface area contributed by atoms with E-state index < -0.39 is 5.60 Å². The predicted octanol–water partition coefficient (Wildman–Crippen LogP) is 2.77. The number of aliphatic hydroxyl groups is 1. The van der Waals surface area contributed by atoms with Gasteiger partial charge in [-0.25, -0.2) is 4.79 Å². The number of likely N-dealkylation sites (tertiary alicyclic amines) is 1. The standard InChI is InChI=1S/C10H19NO3.C6H7N/c1-10(2,3)14-9(13)11-6-4-8(12)5-7-11;1-6-4-2-3-5-7-6/h8,12H,4-7H2,1-3H3;2-5H,1H3. The van der Waals surface area contributed by atoms with Gasteiger partial charge in [0.25, 0.3) is 0 Å². The fourth-order valence-electron chi connectivity index (χ4n) is 1.82. The molecule has 0 aliphatic carbocycles. The van der Waals surface area contributed by atoms with E-state index in [4.69, 9.17) is 4.74 Å². The second kappa shape index (κ2) is 7.98. The maximum absolute atomic E-state index is 11.5. The van der Waals surface area contributed by atoms with Gasteiger partial charge in [0, 0.05) is 25.0 Å². The second-order valence-corrected chi connectivity index (χ2v) is 6.17. The van der Waals surface area contributed by atoms with Crippen LogP contribution in [0, 0.1) is 6.92 Å². The summed E-state index contributed by atoms with van der Waals surface area (Å²) in [6.45, 7) is 8.71. The fourth-order valence-corrected chi connectivity index (χ4v) is 1.82. The van der Waals surface area contributed by atoms with Crippen molar-refractivity contribution < 1.29 is 14.6 Å². The maximum Gasteiger partial charge on any atom is 0.410 e. The van der Waals surface area contributed by atoms with E-state index in [1.165, 1.54) is 0 Å². The van der Waals surface area contributed by atoms with Gasteiger partial charge >= 0.3 is 6.09 Å². The first kappa shape index (κ1) is 17.4. The number of hydrogen-bond donors (Lipinski definition) is 1. The molecule has 1 amide bonds. The van der Waals surface area contributed by atoms with Crippen LogP contribution in [-0.4, -0.2) is 45.9 Å². The molecule has 118 valence electrons. The maximum atomic E-state index is 11.5. The lowest BCUT2D eigenvalue weighted by Gasteiger charge is -2.31. The van der Waals surface area contributed by atoms with Gasteiger partial charge in [0.1, 0.15) is 5.60 Å². The van der Waals surface area contributed by atoms with Crippen LogP contribution in [0.25, 0.3) is 0 Å². The van der Waals surface area contributed by atoms with Crippen LogP contribution in [0.5, 0.6) is 0 Å². The lowest BCUT2D eigenvalue weighted by atomic mass is 10.1. The quantitative estimate of drug-likeness (QED) is 0.799. The molecule has 1 aromatic heterocycles. The van der Waals surface area contributed by atoms with Crippen LogP contribution in [-0.2, 0) is 4.74 Å². The zero-order valence-electron chi connectivity index (χ0n) is 13.4. The lowest BCUT2D eigenvalue weighted by Crippen LogP contribution is -2.42. The van der Waals surface area contributed by atoms with Crippen molar-refractivity contribution in [3.8, 4) is 0 Å². The highest BCUT2D eigenvalue weighted by Gasteiger charge is 2.25. The highest BCUT2D eigenvalue weighted by atomic mass is 16.6. The first-order valence-electron chi connectivity index (χ1n) is 7.31. The number of amides is 1. The van der Waals surface area contributed by atoms with Crippen molar-refractivity contribution in [3.05, 3.63) is 30.1 Å². The average Bonchev–Trinajstić information content (AvgIpc) is 2.39. The third kappa shape index (κ3) is 7.66. The average molecular weight is 294 g/mol. The van der Waals surface area contributed by atoms with Gasteiger partial charge in [0.05, 0.1) is 6.10 Å². The number of pyridine rings is 1. The van der Waals surface area contributed by atoms with Crippen molar-refractivity contribution in [2.75, 3.05) is 13.1 Å². The first-order chi connectivity index (χ1) is 9.78. The Hall–Kier alpha value is -1.62. The summed E-state index contributed by atoms with van der Waals surface area (Å²) in [6.07, 6.45) is 2.56. The summed E-state index contributed by atoms with van der Waals surface area (Å²) >= 11 is 0. The van der Waals surface area contributed by atoms with Crippen LogP contribution < -0.4 is 0 Å². The smallest absolute Gasteiger partial charge is 0.410 e. The van der Waals surface area contributed by atoms with E-state index in [2.05, 4.69) is 4.98 Å². The van der Waals surface area contributed by atoms with Gasteiger partial charge in [-0.15, -0.1) is 0 Å². The Labute approximate surface area is 126 Å². The summed E-state index contributed by atoms with van der Waals surface area (Å²) in [7, 11) is 0. The molecular formula is C16H26N2O3. The number of carbonyl (C=O) groups excluding carboxylic acids is 1. The third-order valence-electron chi connectivity index (χ3n) is 2.93. The molecule has 5 heteroatoms. The molecule has 0 spiro atoms. The minimum Gasteiger partial charge on any atom is -0.444 e. The molecule has 0 radical (unpaired) electrons. The number of carbonyl (C=O) groups is 1. The summed E-state index contributed by atoms with van der Waals surface area (Å²) in [5.41, 5.74) is 0.634. The van der Waals surface area contributed by atoms with Crippen LogP contribution in [0.4, 0.5) is 4.79 Å². The number of aliphatic hydroxyl groups excluding tert-OH is 1. The van der Waals surface area contributed by atoms with E-state index >= 15 is 0 Å². The molecule has 0 aromatic carbocycles. The number of aromatic nitrogens is 1. The molecule has 1 saturated heterocycles. The third-order valence-corrected chi connectivity index (χ3v) is 2.93. The Balaban J connectivity index is 0.000000262. The Morgan fingerprint density at radius 2 is 1.95 bits per heavy atom. The van der Waals surface area contributed by atoms with Crippen molar-refractivity contribution in [2.24, 2.45) is 0 Å². The molecule has 1 N–H and O–H groups in total. The van der Waals surface area contributed by atoms with Crippen molar-refractivity contribution in [3.63, 3.8) is 0 Å². The SMILES string of the molecule is CC(C)(C)OC(=O)N1CCC(O)CC1.Cc1ccccn1. The molecule has 1 aromatic rings. The molecule has 1 fully saturated rings. The minimum absolute atomic E-state index is 0.256. The molecule has 21 heavy (non-hydrogen) atoms. The van der Waals surface area contributed by atoms with E-state index in [0.717, 1.165) is 5.69 Å². The number of ether oxygens (including phenoxy) is 1. The van der Waals surface area contributed by atoms with Crippen LogP contribution in [0.1, 0.15) is 39.3 Å².